The molecule has 2 heterocycles. The number of aryl methyl sites for hydroxylation is 2. The van der Waals surface area contributed by atoms with Gasteiger partial charge in [-0.3, -0.25) is 4.79 Å². The fourth-order valence-corrected chi connectivity index (χ4v) is 3.46. The lowest BCUT2D eigenvalue weighted by Gasteiger charge is -2.15. The number of pyridine rings is 1. The molecule has 0 aliphatic rings. The van der Waals surface area contributed by atoms with Crippen molar-refractivity contribution in [2.75, 3.05) is 12.4 Å². The molecule has 0 saturated carbocycles. The van der Waals surface area contributed by atoms with E-state index in [9.17, 15) is 4.79 Å². The molecule has 0 aliphatic heterocycles. The lowest BCUT2D eigenvalue weighted by atomic mass is 10.1. The van der Waals surface area contributed by atoms with Crippen LogP contribution >= 0.6 is 0 Å². The lowest BCUT2D eigenvalue weighted by molar-refractivity contribution is -0.122. The van der Waals surface area contributed by atoms with Gasteiger partial charge in [0.05, 0.1) is 18.5 Å². The largest absolute Gasteiger partial charge is 0.497 e. The Balaban J connectivity index is 1.60. The van der Waals surface area contributed by atoms with Crippen LogP contribution in [0.25, 0.3) is 16.7 Å². The summed E-state index contributed by atoms with van der Waals surface area (Å²) in [5, 5.41) is 8.47. The van der Waals surface area contributed by atoms with Crippen molar-refractivity contribution in [1.29, 1.82) is 0 Å². The maximum Gasteiger partial charge on any atom is 0.265 e. The topological polar surface area (TPSA) is 78.3 Å². The molecule has 1 amide bonds. The van der Waals surface area contributed by atoms with Gasteiger partial charge >= 0.3 is 0 Å². The normalized spacial score (nSPS) is 11.9. The summed E-state index contributed by atoms with van der Waals surface area (Å²) in [6.07, 6.45) is -0.746. The van der Waals surface area contributed by atoms with Gasteiger partial charge in [0, 0.05) is 23.2 Å². The summed E-state index contributed by atoms with van der Waals surface area (Å²) in [5.74, 6) is 0.759. The van der Waals surface area contributed by atoms with Gasteiger partial charge in [-0.15, -0.1) is 0 Å². The van der Waals surface area contributed by atoms with E-state index in [0.717, 1.165) is 22.3 Å². The fourth-order valence-electron chi connectivity index (χ4n) is 3.46. The average molecular weight is 416 g/mol. The van der Waals surface area contributed by atoms with Crippen molar-refractivity contribution in [2.45, 2.75) is 26.9 Å². The van der Waals surface area contributed by atoms with Crippen LogP contribution in [0.15, 0.2) is 60.7 Å². The Labute approximate surface area is 180 Å². The summed E-state index contributed by atoms with van der Waals surface area (Å²) in [5.41, 5.74) is 4.11. The monoisotopic (exact) mass is 416 g/mol. The molecule has 0 radical (unpaired) electrons. The highest BCUT2D eigenvalue weighted by Crippen LogP contribution is 2.27. The first-order valence-corrected chi connectivity index (χ1v) is 10.00. The molecular weight excluding hydrogens is 392 g/mol. The summed E-state index contributed by atoms with van der Waals surface area (Å²) in [4.78, 5) is 17.3. The van der Waals surface area contributed by atoms with Crippen molar-refractivity contribution in [3.05, 3.63) is 71.9 Å². The molecule has 2 aromatic heterocycles. The van der Waals surface area contributed by atoms with Crippen LogP contribution in [-0.2, 0) is 4.79 Å². The molecule has 1 N–H and O–H groups in total. The molecule has 0 bridgehead atoms. The minimum atomic E-state index is -0.746. The number of anilines is 1. The third kappa shape index (κ3) is 4.21. The van der Waals surface area contributed by atoms with Crippen molar-refractivity contribution < 1.29 is 14.3 Å². The van der Waals surface area contributed by atoms with E-state index in [0.29, 0.717) is 23.0 Å². The van der Waals surface area contributed by atoms with Gasteiger partial charge in [0.2, 0.25) is 5.88 Å². The van der Waals surface area contributed by atoms with Gasteiger partial charge in [0.15, 0.2) is 11.8 Å². The molecule has 158 valence electrons. The second-order valence-electron chi connectivity index (χ2n) is 7.29. The summed E-state index contributed by atoms with van der Waals surface area (Å²) >= 11 is 0. The lowest BCUT2D eigenvalue weighted by Crippen LogP contribution is -2.30. The average Bonchev–Trinajstić information content (AvgIpc) is 3.11. The third-order valence-electron chi connectivity index (χ3n) is 4.99. The standard InChI is InChI=1S/C24H24N4O3/c1-15-13-21(31-17(3)24(29)25-18-9-8-12-20(14-18)30-4)26-23-22(15)16(2)27-28(23)19-10-6-5-7-11-19/h5-14,17H,1-4H3,(H,25,29)/t17-/m1/s1. The van der Waals surface area contributed by atoms with Crippen molar-refractivity contribution in [2.24, 2.45) is 0 Å². The van der Waals surface area contributed by atoms with Crippen molar-refractivity contribution in [1.82, 2.24) is 14.8 Å². The van der Waals surface area contributed by atoms with E-state index < -0.39 is 6.10 Å². The van der Waals surface area contributed by atoms with E-state index in [2.05, 4.69) is 15.4 Å². The van der Waals surface area contributed by atoms with E-state index in [1.54, 1.807) is 30.8 Å². The zero-order chi connectivity index (χ0) is 22.0. The number of methoxy groups -OCH3 is 1. The first-order valence-electron chi connectivity index (χ1n) is 10.00. The van der Waals surface area contributed by atoms with Crippen LogP contribution in [0.5, 0.6) is 11.6 Å². The van der Waals surface area contributed by atoms with Crippen LogP contribution in [0.4, 0.5) is 5.69 Å². The Hall–Kier alpha value is -3.87. The molecule has 0 fully saturated rings. The number of hydrogen-bond acceptors (Lipinski definition) is 5. The summed E-state index contributed by atoms with van der Waals surface area (Å²) in [6.45, 7) is 5.64. The van der Waals surface area contributed by atoms with Crippen molar-refractivity contribution >= 4 is 22.6 Å². The Bertz CT molecular complexity index is 1230. The number of nitrogens with zero attached hydrogens (tertiary/aromatic N) is 3. The zero-order valence-electron chi connectivity index (χ0n) is 17.9. The van der Waals surface area contributed by atoms with E-state index in [4.69, 9.17) is 9.47 Å². The van der Waals surface area contributed by atoms with Crippen molar-refractivity contribution in [3.8, 4) is 17.3 Å². The van der Waals surface area contributed by atoms with Crippen LogP contribution in [0.2, 0.25) is 0 Å². The predicted octanol–water partition coefficient (Wildman–Crippen LogP) is 4.45. The molecule has 2 aromatic carbocycles. The maximum absolute atomic E-state index is 12.6. The Morgan fingerprint density at radius 2 is 1.84 bits per heavy atom. The molecule has 1 atom stereocenters. The number of rotatable bonds is 6. The number of hydrogen-bond donors (Lipinski definition) is 1. The Kier molecular flexibility index (Phi) is 5.58. The quantitative estimate of drug-likeness (QED) is 0.502. The van der Waals surface area contributed by atoms with Crippen LogP contribution in [0.3, 0.4) is 0 Å². The highest BCUT2D eigenvalue weighted by Gasteiger charge is 2.19. The van der Waals surface area contributed by atoms with Gasteiger partial charge in [-0.2, -0.15) is 10.1 Å². The number of fused-ring (bicyclic) bond motifs is 1. The molecule has 4 rings (SSSR count). The van der Waals surface area contributed by atoms with E-state index in [1.807, 2.05) is 62.4 Å². The first kappa shape index (κ1) is 20.4. The number of benzene rings is 2. The SMILES string of the molecule is COc1cccc(NC(=O)[C@@H](C)Oc2cc(C)c3c(C)nn(-c4ccccc4)c3n2)c1. The Morgan fingerprint density at radius 3 is 2.58 bits per heavy atom. The number of nitrogens with one attached hydrogen (secondary N) is 1. The second-order valence-corrected chi connectivity index (χ2v) is 7.29. The molecule has 7 nitrogen and oxygen atoms in total. The number of para-hydroxylation sites is 1. The summed E-state index contributed by atoms with van der Waals surface area (Å²) in [6, 6.07) is 18.8. The highest BCUT2D eigenvalue weighted by molar-refractivity contribution is 5.94. The van der Waals surface area contributed by atoms with E-state index >= 15 is 0 Å². The first-order chi connectivity index (χ1) is 15.0. The molecule has 0 aliphatic carbocycles. The maximum atomic E-state index is 12.6. The van der Waals surface area contributed by atoms with Crippen LogP contribution in [0.1, 0.15) is 18.2 Å². The van der Waals surface area contributed by atoms with Gasteiger partial charge in [-0.05, 0) is 50.6 Å². The Morgan fingerprint density at radius 1 is 1.06 bits per heavy atom. The predicted molar refractivity (Wildman–Crippen MR) is 120 cm³/mol. The van der Waals surface area contributed by atoms with Gasteiger partial charge in [-0.1, -0.05) is 24.3 Å². The summed E-state index contributed by atoms with van der Waals surface area (Å²) < 4.78 is 12.9. The van der Waals surface area contributed by atoms with Gasteiger partial charge in [-0.25, -0.2) is 4.68 Å². The smallest absolute Gasteiger partial charge is 0.265 e. The molecule has 0 saturated heterocycles. The molecule has 31 heavy (non-hydrogen) atoms. The minimum Gasteiger partial charge on any atom is -0.497 e. The van der Waals surface area contributed by atoms with Gasteiger partial charge < -0.3 is 14.8 Å². The molecule has 7 heteroatoms. The molecular formula is C24H24N4O3. The third-order valence-corrected chi connectivity index (χ3v) is 4.99. The number of aromatic nitrogens is 3. The number of carbonyl (C=O) groups excluding carboxylic acids is 1. The fraction of sp³-hybridized carbons (Fsp3) is 0.208. The van der Waals surface area contributed by atoms with Crippen LogP contribution in [0, 0.1) is 13.8 Å². The van der Waals surface area contributed by atoms with Crippen molar-refractivity contribution in [3.63, 3.8) is 0 Å². The minimum absolute atomic E-state index is 0.277. The molecule has 0 spiro atoms. The summed E-state index contributed by atoms with van der Waals surface area (Å²) in [7, 11) is 1.58. The highest BCUT2D eigenvalue weighted by atomic mass is 16.5. The van der Waals surface area contributed by atoms with E-state index in [1.165, 1.54) is 0 Å². The number of ether oxygens (including phenoxy) is 2. The zero-order valence-corrected chi connectivity index (χ0v) is 17.9. The van der Waals surface area contributed by atoms with Gasteiger partial charge in [0.25, 0.3) is 5.91 Å². The second kappa shape index (κ2) is 8.47. The molecule has 4 aromatic rings. The van der Waals surface area contributed by atoms with E-state index in [-0.39, 0.29) is 5.91 Å². The number of carbonyl (C=O) groups is 1. The van der Waals surface area contributed by atoms with Crippen LogP contribution < -0.4 is 14.8 Å². The number of amides is 1. The van der Waals surface area contributed by atoms with Gasteiger partial charge in [0.1, 0.15) is 5.75 Å². The molecule has 0 unspecified atom stereocenters. The van der Waals surface area contributed by atoms with Crippen LogP contribution in [-0.4, -0.2) is 33.9 Å².